The number of aromatic nitrogens is 1. The zero-order valence-electron chi connectivity index (χ0n) is 8.29. The van der Waals surface area contributed by atoms with Gasteiger partial charge in [-0.25, -0.2) is 4.79 Å². The number of aromatic carboxylic acids is 1. The van der Waals surface area contributed by atoms with Crippen LogP contribution in [0.15, 0.2) is 42.7 Å². The molecule has 16 heavy (non-hydrogen) atoms. The van der Waals surface area contributed by atoms with Gasteiger partial charge in [0.15, 0.2) is 0 Å². The molecule has 0 spiro atoms. The Bertz CT molecular complexity index is 520. The molecule has 0 radical (unpaired) electrons. The van der Waals surface area contributed by atoms with Gasteiger partial charge in [-0.2, -0.15) is 0 Å². The van der Waals surface area contributed by atoms with E-state index in [0.717, 1.165) is 0 Å². The summed E-state index contributed by atoms with van der Waals surface area (Å²) in [5.41, 5.74) is 1.44. The van der Waals surface area contributed by atoms with Crippen LogP contribution in [0.1, 0.15) is 10.4 Å². The smallest absolute Gasteiger partial charge is 0.336 e. The Kier molecular flexibility index (Phi) is 2.55. The van der Waals surface area contributed by atoms with E-state index in [4.69, 9.17) is 10.2 Å². The van der Waals surface area contributed by atoms with E-state index in [1.165, 1.54) is 30.6 Å². The fourth-order valence-corrected chi connectivity index (χ4v) is 1.45. The molecule has 0 unspecified atom stereocenters. The van der Waals surface area contributed by atoms with Crippen LogP contribution in [0.2, 0.25) is 0 Å². The van der Waals surface area contributed by atoms with E-state index in [2.05, 4.69) is 4.98 Å². The van der Waals surface area contributed by atoms with Crippen LogP contribution >= 0.6 is 0 Å². The maximum atomic E-state index is 11.0. The normalized spacial score (nSPS) is 10.0. The van der Waals surface area contributed by atoms with Gasteiger partial charge in [-0.05, 0) is 23.8 Å². The van der Waals surface area contributed by atoms with E-state index in [1.807, 2.05) is 0 Å². The lowest BCUT2D eigenvalue weighted by atomic mass is 10.0. The highest BCUT2D eigenvalue weighted by molar-refractivity contribution is 5.95. The van der Waals surface area contributed by atoms with Gasteiger partial charge < -0.3 is 10.2 Å². The Hall–Kier alpha value is -2.36. The number of benzene rings is 1. The van der Waals surface area contributed by atoms with Gasteiger partial charge in [0, 0.05) is 18.0 Å². The minimum absolute atomic E-state index is 0.143. The van der Waals surface area contributed by atoms with E-state index < -0.39 is 5.97 Å². The minimum atomic E-state index is -0.995. The molecule has 0 atom stereocenters. The molecule has 80 valence electrons. The minimum Gasteiger partial charge on any atom is -0.508 e. The third-order valence-electron chi connectivity index (χ3n) is 2.23. The lowest BCUT2D eigenvalue weighted by Gasteiger charge is -2.05. The molecule has 2 N–H and O–H groups in total. The predicted molar refractivity (Wildman–Crippen MR) is 58.3 cm³/mol. The Morgan fingerprint density at radius 2 is 1.81 bits per heavy atom. The molecular weight excluding hydrogens is 206 g/mol. The Morgan fingerprint density at radius 1 is 1.12 bits per heavy atom. The van der Waals surface area contributed by atoms with Crippen molar-refractivity contribution < 1.29 is 15.0 Å². The highest BCUT2D eigenvalue weighted by Crippen LogP contribution is 2.24. The number of hydrogen-bond acceptors (Lipinski definition) is 3. The molecule has 0 aliphatic rings. The van der Waals surface area contributed by atoms with Crippen LogP contribution < -0.4 is 0 Å². The lowest BCUT2D eigenvalue weighted by Crippen LogP contribution is -1.99. The van der Waals surface area contributed by atoms with Crippen LogP contribution in [0.25, 0.3) is 11.1 Å². The summed E-state index contributed by atoms with van der Waals surface area (Å²) in [6.07, 6.45) is 2.93. The first kappa shape index (κ1) is 10.2. The zero-order valence-corrected chi connectivity index (χ0v) is 8.29. The summed E-state index contributed by atoms with van der Waals surface area (Å²) in [5.74, 6) is -0.852. The molecule has 2 rings (SSSR count). The molecule has 0 saturated heterocycles. The Balaban J connectivity index is 2.55. The van der Waals surface area contributed by atoms with Crippen molar-refractivity contribution in [1.29, 1.82) is 0 Å². The van der Waals surface area contributed by atoms with Gasteiger partial charge >= 0.3 is 5.97 Å². The molecule has 1 aromatic carbocycles. The van der Waals surface area contributed by atoms with Crippen LogP contribution in [-0.4, -0.2) is 21.2 Å². The van der Waals surface area contributed by atoms with Crippen LogP contribution in [-0.2, 0) is 0 Å². The molecule has 2 aromatic rings. The molecule has 0 bridgehead atoms. The van der Waals surface area contributed by atoms with Crippen molar-refractivity contribution in [3.05, 3.63) is 48.3 Å². The van der Waals surface area contributed by atoms with Crippen molar-refractivity contribution in [3.8, 4) is 16.9 Å². The van der Waals surface area contributed by atoms with Crippen molar-refractivity contribution in [2.75, 3.05) is 0 Å². The van der Waals surface area contributed by atoms with Crippen LogP contribution in [0, 0.1) is 0 Å². The monoisotopic (exact) mass is 215 g/mol. The lowest BCUT2D eigenvalue weighted by molar-refractivity contribution is 0.0697. The first-order valence-electron chi connectivity index (χ1n) is 4.65. The van der Waals surface area contributed by atoms with Gasteiger partial charge in [-0.15, -0.1) is 0 Å². The molecule has 4 nitrogen and oxygen atoms in total. The number of carboxylic acid groups (broad SMARTS) is 1. The third kappa shape index (κ3) is 1.86. The molecular formula is C12H9NO3. The first-order chi connectivity index (χ1) is 7.68. The highest BCUT2D eigenvalue weighted by atomic mass is 16.4. The molecule has 0 amide bonds. The molecule has 1 aromatic heterocycles. The molecule has 0 aliphatic heterocycles. The summed E-state index contributed by atoms with van der Waals surface area (Å²) in [4.78, 5) is 14.9. The van der Waals surface area contributed by atoms with Crippen LogP contribution in [0.5, 0.6) is 5.75 Å². The number of nitrogens with zero attached hydrogens (tertiary/aromatic N) is 1. The zero-order chi connectivity index (χ0) is 11.5. The predicted octanol–water partition coefficient (Wildman–Crippen LogP) is 2.15. The van der Waals surface area contributed by atoms with Gasteiger partial charge in [0.05, 0.1) is 5.56 Å². The average molecular weight is 215 g/mol. The number of carboxylic acids is 1. The quantitative estimate of drug-likeness (QED) is 0.805. The fraction of sp³-hybridized carbons (Fsp3) is 0. The molecule has 0 aliphatic carbocycles. The van der Waals surface area contributed by atoms with Crippen molar-refractivity contribution in [2.45, 2.75) is 0 Å². The molecule has 0 fully saturated rings. The van der Waals surface area contributed by atoms with E-state index in [-0.39, 0.29) is 11.3 Å². The Morgan fingerprint density at radius 3 is 2.44 bits per heavy atom. The number of hydrogen-bond donors (Lipinski definition) is 2. The number of carbonyl (C=O) groups is 1. The number of aromatic hydroxyl groups is 1. The summed E-state index contributed by atoms with van der Waals surface area (Å²) in [7, 11) is 0. The number of pyridine rings is 1. The number of phenols is 1. The number of phenolic OH excluding ortho intramolecular Hbond substituents is 1. The molecule has 1 heterocycles. The van der Waals surface area contributed by atoms with Gasteiger partial charge in [-0.1, -0.05) is 12.1 Å². The Labute approximate surface area is 91.8 Å². The maximum absolute atomic E-state index is 11.0. The summed E-state index contributed by atoms with van der Waals surface area (Å²) >= 11 is 0. The summed E-state index contributed by atoms with van der Waals surface area (Å²) in [5, 5.41) is 18.2. The molecule has 4 heteroatoms. The van der Waals surface area contributed by atoms with E-state index >= 15 is 0 Å². The standard InChI is InChI=1S/C12H9NO3/c14-9-3-1-8(2-4-9)11-7-13-6-5-10(11)12(15)16/h1-7,14H,(H,15,16). The summed E-state index contributed by atoms with van der Waals surface area (Å²) < 4.78 is 0. The average Bonchev–Trinajstić information content (AvgIpc) is 2.30. The van der Waals surface area contributed by atoms with Gasteiger partial charge in [0.2, 0.25) is 0 Å². The van der Waals surface area contributed by atoms with E-state index in [9.17, 15) is 4.79 Å². The highest BCUT2D eigenvalue weighted by Gasteiger charge is 2.10. The summed E-state index contributed by atoms with van der Waals surface area (Å²) in [6.45, 7) is 0. The van der Waals surface area contributed by atoms with Crippen molar-refractivity contribution in [2.24, 2.45) is 0 Å². The van der Waals surface area contributed by atoms with Crippen LogP contribution in [0.3, 0.4) is 0 Å². The topological polar surface area (TPSA) is 70.4 Å². The SMILES string of the molecule is O=C(O)c1ccncc1-c1ccc(O)cc1. The first-order valence-corrected chi connectivity index (χ1v) is 4.65. The van der Waals surface area contributed by atoms with Gasteiger partial charge in [0.25, 0.3) is 0 Å². The van der Waals surface area contributed by atoms with Crippen molar-refractivity contribution in [1.82, 2.24) is 4.98 Å². The van der Waals surface area contributed by atoms with E-state index in [0.29, 0.717) is 11.1 Å². The van der Waals surface area contributed by atoms with Crippen LogP contribution in [0.4, 0.5) is 0 Å². The maximum Gasteiger partial charge on any atom is 0.336 e. The summed E-state index contributed by atoms with van der Waals surface area (Å²) in [6, 6.07) is 7.77. The second-order valence-corrected chi connectivity index (χ2v) is 3.27. The van der Waals surface area contributed by atoms with Crippen molar-refractivity contribution in [3.63, 3.8) is 0 Å². The second-order valence-electron chi connectivity index (χ2n) is 3.27. The van der Waals surface area contributed by atoms with Gasteiger partial charge in [-0.3, -0.25) is 4.98 Å². The molecule has 0 saturated carbocycles. The van der Waals surface area contributed by atoms with Gasteiger partial charge in [0.1, 0.15) is 5.75 Å². The van der Waals surface area contributed by atoms with E-state index in [1.54, 1.807) is 12.1 Å². The second kappa shape index (κ2) is 4.02. The fourth-order valence-electron chi connectivity index (χ4n) is 1.45. The third-order valence-corrected chi connectivity index (χ3v) is 2.23. The largest absolute Gasteiger partial charge is 0.508 e. The van der Waals surface area contributed by atoms with Crippen molar-refractivity contribution >= 4 is 5.97 Å². The number of rotatable bonds is 2.